The van der Waals surface area contributed by atoms with Crippen molar-refractivity contribution < 1.29 is 0 Å². The summed E-state index contributed by atoms with van der Waals surface area (Å²) in [6.45, 7) is 2.76. The van der Waals surface area contributed by atoms with E-state index in [1.165, 1.54) is 0 Å². The van der Waals surface area contributed by atoms with E-state index >= 15 is 0 Å². The summed E-state index contributed by atoms with van der Waals surface area (Å²) in [5.74, 6) is 2.55. The Kier molecular flexibility index (Phi) is 4.79. The molecule has 0 saturated carbocycles. The fourth-order valence-corrected chi connectivity index (χ4v) is 2.12. The third kappa shape index (κ3) is 3.39. The average Bonchev–Trinajstić information content (AvgIpc) is 2.48. The fraction of sp³-hybridized carbons (Fsp3) is 0.333. The third-order valence-corrected chi connectivity index (χ3v) is 3.46. The maximum absolute atomic E-state index is 6.20. The first kappa shape index (κ1) is 14.6. The van der Waals surface area contributed by atoms with Crippen molar-refractivity contribution in [2.45, 2.75) is 19.9 Å². The van der Waals surface area contributed by atoms with Crippen LogP contribution in [0, 0.1) is 0 Å². The molecular weight excluding hydrogens is 272 g/mol. The molecule has 0 unspecified atom stereocenters. The van der Waals surface area contributed by atoms with Crippen molar-refractivity contribution in [3.8, 4) is 0 Å². The maximum Gasteiger partial charge on any atom is 0.134 e. The second-order valence-corrected chi connectivity index (χ2v) is 4.99. The van der Waals surface area contributed by atoms with Crippen molar-refractivity contribution in [2.24, 2.45) is 0 Å². The predicted molar refractivity (Wildman–Crippen MR) is 84.5 cm³/mol. The number of aromatic nitrogens is 2. The fourth-order valence-electron chi connectivity index (χ4n) is 1.93. The smallest absolute Gasteiger partial charge is 0.134 e. The van der Waals surface area contributed by atoms with E-state index in [1.54, 1.807) is 0 Å². The van der Waals surface area contributed by atoms with Crippen molar-refractivity contribution in [3.05, 3.63) is 46.7 Å². The monoisotopic (exact) mass is 290 g/mol. The van der Waals surface area contributed by atoms with Gasteiger partial charge in [-0.15, -0.1) is 0 Å². The molecule has 5 heteroatoms. The van der Waals surface area contributed by atoms with Gasteiger partial charge in [-0.2, -0.15) is 0 Å². The van der Waals surface area contributed by atoms with E-state index in [1.807, 2.05) is 51.4 Å². The second-order valence-electron chi connectivity index (χ2n) is 4.58. The lowest BCUT2D eigenvalue weighted by Gasteiger charge is -2.20. The van der Waals surface area contributed by atoms with Gasteiger partial charge in [0.15, 0.2) is 0 Å². The van der Waals surface area contributed by atoms with Crippen molar-refractivity contribution in [1.29, 1.82) is 0 Å². The van der Waals surface area contributed by atoms with Crippen molar-refractivity contribution >= 4 is 23.2 Å². The Morgan fingerprint density at radius 1 is 1.25 bits per heavy atom. The van der Waals surface area contributed by atoms with Gasteiger partial charge in [-0.1, -0.05) is 36.7 Å². The zero-order valence-electron chi connectivity index (χ0n) is 12.0. The van der Waals surface area contributed by atoms with Crippen LogP contribution in [0.3, 0.4) is 0 Å². The topological polar surface area (TPSA) is 41.1 Å². The first-order valence-corrected chi connectivity index (χ1v) is 7.02. The predicted octanol–water partition coefficient (Wildman–Crippen LogP) is 3.37. The normalized spacial score (nSPS) is 10.4. The zero-order valence-corrected chi connectivity index (χ0v) is 12.8. The molecule has 0 atom stereocenters. The summed E-state index contributed by atoms with van der Waals surface area (Å²) in [5, 5.41) is 3.84. The molecular formula is C15H19ClN4. The van der Waals surface area contributed by atoms with Crippen LogP contribution in [0.25, 0.3) is 0 Å². The van der Waals surface area contributed by atoms with Gasteiger partial charge in [-0.25, -0.2) is 9.97 Å². The molecule has 1 heterocycles. The molecule has 1 N–H and O–H groups in total. The Bertz CT molecular complexity index is 564. The minimum absolute atomic E-state index is 0.711. The quantitative estimate of drug-likeness (QED) is 0.917. The highest BCUT2D eigenvalue weighted by molar-refractivity contribution is 6.31. The van der Waals surface area contributed by atoms with E-state index in [2.05, 4.69) is 20.2 Å². The van der Waals surface area contributed by atoms with E-state index in [4.69, 9.17) is 11.6 Å². The van der Waals surface area contributed by atoms with E-state index in [-0.39, 0.29) is 0 Å². The van der Waals surface area contributed by atoms with Crippen LogP contribution < -0.4 is 10.2 Å². The number of nitrogens with one attached hydrogen (secondary N) is 1. The molecule has 0 bridgehead atoms. The largest absolute Gasteiger partial charge is 0.373 e. The zero-order chi connectivity index (χ0) is 14.5. The average molecular weight is 291 g/mol. The molecule has 0 saturated heterocycles. The molecule has 4 nitrogen and oxygen atoms in total. The number of halogens is 1. The van der Waals surface area contributed by atoms with Gasteiger partial charge >= 0.3 is 0 Å². The number of rotatable bonds is 5. The second kappa shape index (κ2) is 6.57. The minimum atomic E-state index is 0.711. The number of benzene rings is 1. The van der Waals surface area contributed by atoms with Crippen LogP contribution in [0.2, 0.25) is 5.02 Å². The highest BCUT2D eigenvalue weighted by Crippen LogP contribution is 2.21. The summed E-state index contributed by atoms with van der Waals surface area (Å²) in [7, 11) is 3.87. The van der Waals surface area contributed by atoms with E-state index < -0.39 is 0 Å². The first-order valence-electron chi connectivity index (χ1n) is 6.64. The number of hydrogen-bond acceptors (Lipinski definition) is 4. The summed E-state index contributed by atoms with van der Waals surface area (Å²) >= 11 is 6.20. The van der Waals surface area contributed by atoms with Gasteiger partial charge in [0.2, 0.25) is 0 Å². The van der Waals surface area contributed by atoms with E-state index in [9.17, 15) is 0 Å². The lowest BCUT2D eigenvalue weighted by atomic mass is 10.2. The number of hydrogen-bond donors (Lipinski definition) is 1. The summed E-state index contributed by atoms with van der Waals surface area (Å²) in [6.07, 6.45) is 0.808. The van der Waals surface area contributed by atoms with Crippen LogP contribution in [-0.4, -0.2) is 24.1 Å². The first-order chi connectivity index (χ1) is 9.63. The van der Waals surface area contributed by atoms with E-state index in [0.717, 1.165) is 34.5 Å². The summed E-state index contributed by atoms with van der Waals surface area (Å²) < 4.78 is 0. The van der Waals surface area contributed by atoms with Crippen LogP contribution in [0.4, 0.5) is 11.6 Å². The van der Waals surface area contributed by atoms with Gasteiger partial charge in [0.1, 0.15) is 17.5 Å². The molecule has 0 amide bonds. The maximum atomic E-state index is 6.20. The minimum Gasteiger partial charge on any atom is -0.373 e. The van der Waals surface area contributed by atoms with Crippen LogP contribution in [-0.2, 0) is 13.0 Å². The highest BCUT2D eigenvalue weighted by Gasteiger charge is 2.09. The standard InChI is InChI=1S/C15H19ClN4/c1-4-13-18-14(17-2)9-15(19-13)20(3)10-11-7-5-6-8-12(11)16/h5-9H,4,10H2,1-3H3,(H,17,18,19). The summed E-state index contributed by atoms with van der Waals surface area (Å²) in [5.41, 5.74) is 1.08. The lowest BCUT2D eigenvalue weighted by Crippen LogP contribution is -2.19. The Morgan fingerprint density at radius 3 is 2.65 bits per heavy atom. The molecule has 0 aliphatic carbocycles. The Balaban J connectivity index is 2.24. The molecule has 2 aromatic rings. The van der Waals surface area contributed by atoms with Gasteiger partial charge in [0.25, 0.3) is 0 Å². The molecule has 0 spiro atoms. The Hall–Kier alpha value is -1.81. The van der Waals surface area contributed by atoms with Crippen LogP contribution in [0.5, 0.6) is 0 Å². The van der Waals surface area contributed by atoms with Gasteiger partial charge < -0.3 is 10.2 Å². The molecule has 0 radical (unpaired) electrons. The molecule has 0 aliphatic rings. The number of nitrogens with zero attached hydrogens (tertiary/aromatic N) is 3. The molecule has 0 aliphatic heterocycles. The van der Waals surface area contributed by atoms with Crippen molar-refractivity contribution in [2.75, 3.05) is 24.3 Å². The Labute approximate surface area is 124 Å². The molecule has 0 fully saturated rings. The number of aryl methyl sites for hydroxylation is 1. The third-order valence-electron chi connectivity index (χ3n) is 3.09. The van der Waals surface area contributed by atoms with E-state index in [0.29, 0.717) is 6.54 Å². The van der Waals surface area contributed by atoms with Gasteiger partial charge in [-0.05, 0) is 11.6 Å². The highest BCUT2D eigenvalue weighted by atomic mass is 35.5. The summed E-state index contributed by atoms with van der Waals surface area (Å²) in [4.78, 5) is 11.0. The molecule has 2 rings (SSSR count). The molecule has 1 aromatic heterocycles. The lowest BCUT2D eigenvalue weighted by molar-refractivity contribution is 0.860. The van der Waals surface area contributed by atoms with Crippen LogP contribution >= 0.6 is 11.6 Å². The molecule has 106 valence electrons. The molecule has 1 aromatic carbocycles. The number of anilines is 2. The van der Waals surface area contributed by atoms with Crippen LogP contribution in [0.1, 0.15) is 18.3 Å². The van der Waals surface area contributed by atoms with Crippen LogP contribution in [0.15, 0.2) is 30.3 Å². The van der Waals surface area contributed by atoms with Crippen molar-refractivity contribution in [1.82, 2.24) is 9.97 Å². The van der Waals surface area contributed by atoms with Gasteiger partial charge in [0, 0.05) is 38.1 Å². The van der Waals surface area contributed by atoms with Gasteiger partial charge in [-0.3, -0.25) is 0 Å². The summed E-state index contributed by atoms with van der Waals surface area (Å²) in [6, 6.07) is 9.80. The van der Waals surface area contributed by atoms with Gasteiger partial charge in [0.05, 0.1) is 0 Å². The molecule has 20 heavy (non-hydrogen) atoms. The Morgan fingerprint density at radius 2 is 2.00 bits per heavy atom. The van der Waals surface area contributed by atoms with Crippen molar-refractivity contribution in [3.63, 3.8) is 0 Å². The SMILES string of the molecule is CCc1nc(NC)cc(N(C)Cc2ccccc2Cl)n1.